The van der Waals surface area contributed by atoms with Gasteiger partial charge in [-0.05, 0) is 62.7 Å². The molecule has 0 bridgehead atoms. The molecule has 0 radical (unpaired) electrons. The van der Waals surface area contributed by atoms with E-state index in [0.717, 1.165) is 50.3 Å². The molecule has 1 saturated heterocycles. The maximum absolute atomic E-state index is 13.2. The highest BCUT2D eigenvalue weighted by Crippen LogP contribution is 2.31. The van der Waals surface area contributed by atoms with Crippen molar-refractivity contribution in [1.82, 2.24) is 14.9 Å². The number of ether oxygens (including phenoxy) is 1. The number of carbonyl (C=O) groups excluding carboxylic acids is 1. The first-order chi connectivity index (χ1) is 17.5. The van der Waals surface area contributed by atoms with E-state index in [2.05, 4.69) is 54.9 Å². The van der Waals surface area contributed by atoms with Crippen molar-refractivity contribution >= 4 is 34.7 Å². The Morgan fingerprint density at radius 2 is 1.81 bits per heavy atom. The smallest absolute Gasteiger partial charge is 0.261 e. The molecule has 0 atom stereocenters. The van der Waals surface area contributed by atoms with Crippen molar-refractivity contribution in [2.75, 3.05) is 61.2 Å². The molecular weight excluding hydrogens is 454 g/mol. The average molecular weight is 488 g/mol. The van der Waals surface area contributed by atoms with Gasteiger partial charge in [-0.25, -0.2) is 4.98 Å². The maximum atomic E-state index is 13.2. The Kier molecular flexibility index (Phi) is 6.90. The van der Waals surface area contributed by atoms with Crippen molar-refractivity contribution in [1.29, 1.82) is 0 Å². The summed E-state index contributed by atoms with van der Waals surface area (Å²) < 4.78 is 5.43. The largest absolute Gasteiger partial charge is 0.495 e. The summed E-state index contributed by atoms with van der Waals surface area (Å²) in [4.78, 5) is 27.1. The first-order valence-electron chi connectivity index (χ1n) is 12.4. The predicted octanol–water partition coefficient (Wildman–Crippen LogP) is 4.12. The normalized spacial score (nSPS) is 15.9. The van der Waals surface area contributed by atoms with E-state index in [-0.39, 0.29) is 5.91 Å². The van der Waals surface area contributed by atoms with Gasteiger partial charge >= 0.3 is 0 Å². The molecule has 5 rings (SSSR count). The molecule has 1 aliphatic heterocycles. The van der Waals surface area contributed by atoms with Crippen LogP contribution in [0.15, 0.2) is 48.7 Å². The van der Waals surface area contributed by atoms with Gasteiger partial charge in [-0.1, -0.05) is 12.1 Å². The van der Waals surface area contributed by atoms with Crippen LogP contribution in [0.25, 0.3) is 0 Å². The van der Waals surface area contributed by atoms with E-state index in [0.29, 0.717) is 34.8 Å². The molecule has 3 N–H and O–H groups in total. The minimum atomic E-state index is -0.283. The third-order valence-corrected chi connectivity index (χ3v) is 6.64. The van der Waals surface area contributed by atoms with Gasteiger partial charge in [0.2, 0.25) is 5.95 Å². The SMILES string of the molecule is COc1cccc(C)c1NC(=O)c1cnc(Nc2ccc(N3CCN(C)CC3)cc2)nc1NC1CC1. The van der Waals surface area contributed by atoms with Gasteiger partial charge in [-0.3, -0.25) is 4.79 Å². The van der Waals surface area contributed by atoms with Crippen molar-refractivity contribution in [3.8, 4) is 5.75 Å². The van der Waals surface area contributed by atoms with Gasteiger partial charge < -0.3 is 30.5 Å². The molecule has 2 aromatic carbocycles. The van der Waals surface area contributed by atoms with Crippen LogP contribution in [0.4, 0.5) is 28.8 Å². The molecule has 1 amide bonds. The Labute approximate surface area is 211 Å². The van der Waals surface area contributed by atoms with Crippen LogP contribution in [-0.4, -0.2) is 67.2 Å². The van der Waals surface area contributed by atoms with Crippen LogP contribution in [0.5, 0.6) is 5.75 Å². The summed E-state index contributed by atoms with van der Waals surface area (Å²) in [6, 6.07) is 14.3. The van der Waals surface area contributed by atoms with E-state index in [4.69, 9.17) is 4.74 Å². The third kappa shape index (κ3) is 5.52. The molecule has 0 unspecified atom stereocenters. The molecule has 1 saturated carbocycles. The number of piperazine rings is 1. The van der Waals surface area contributed by atoms with Gasteiger partial charge in [-0.15, -0.1) is 0 Å². The number of anilines is 5. The van der Waals surface area contributed by atoms with Gasteiger partial charge in [0.1, 0.15) is 17.1 Å². The first kappa shape index (κ1) is 23.9. The van der Waals surface area contributed by atoms with Crippen LogP contribution in [0, 0.1) is 6.92 Å². The summed E-state index contributed by atoms with van der Waals surface area (Å²) in [6.07, 6.45) is 3.69. The van der Waals surface area contributed by atoms with Crippen LogP contribution >= 0.6 is 0 Å². The number of aryl methyl sites for hydroxylation is 1. The highest BCUT2D eigenvalue weighted by molar-refractivity contribution is 6.08. The summed E-state index contributed by atoms with van der Waals surface area (Å²) in [7, 11) is 3.75. The molecule has 2 heterocycles. The molecule has 2 fully saturated rings. The average Bonchev–Trinajstić information content (AvgIpc) is 3.70. The molecule has 1 aromatic heterocycles. The minimum Gasteiger partial charge on any atom is -0.495 e. The summed E-state index contributed by atoms with van der Waals surface area (Å²) in [5, 5.41) is 9.64. The zero-order chi connectivity index (χ0) is 25.1. The van der Waals surface area contributed by atoms with Crippen LogP contribution in [0.3, 0.4) is 0 Å². The van der Waals surface area contributed by atoms with Crippen molar-refractivity contribution < 1.29 is 9.53 Å². The van der Waals surface area contributed by atoms with Crippen LogP contribution < -0.4 is 25.6 Å². The number of nitrogens with one attached hydrogen (secondary N) is 3. The molecule has 0 spiro atoms. The monoisotopic (exact) mass is 487 g/mol. The minimum absolute atomic E-state index is 0.283. The Hall–Kier alpha value is -3.85. The quantitative estimate of drug-likeness (QED) is 0.437. The van der Waals surface area contributed by atoms with Crippen LogP contribution in [0.1, 0.15) is 28.8 Å². The standard InChI is InChI=1S/C27H33N7O2/c1-18-5-4-6-23(36-3)24(18)31-26(35)22-17-28-27(32-25(22)29-19-7-8-19)30-20-9-11-21(12-10-20)34-15-13-33(2)14-16-34/h4-6,9-12,17,19H,7-8,13-16H2,1-3H3,(H,31,35)(H2,28,29,30,32). The van der Waals surface area contributed by atoms with Gasteiger partial charge in [0, 0.05) is 49.8 Å². The summed E-state index contributed by atoms with van der Waals surface area (Å²) >= 11 is 0. The van der Waals surface area contributed by atoms with Crippen molar-refractivity contribution in [2.45, 2.75) is 25.8 Å². The number of hydrogen-bond donors (Lipinski definition) is 3. The fraction of sp³-hybridized carbons (Fsp3) is 0.370. The van der Waals surface area contributed by atoms with Crippen LogP contribution in [-0.2, 0) is 0 Å². The Bertz CT molecular complexity index is 1220. The zero-order valence-electron chi connectivity index (χ0n) is 21.0. The second-order valence-electron chi connectivity index (χ2n) is 9.44. The number of nitrogens with zero attached hydrogens (tertiary/aromatic N) is 4. The lowest BCUT2D eigenvalue weighted by Gasteiger charge is -2.34. The fourth-order valence-electron chi connectivity index (χ4n) is 4.24. The van der Waals surface area contributed by atoms with E-state index in [1.165, 1.54) is 5.69 Å². The molecule has 3 aromatic rings. The Morgan fingerprint density at radius 3 is 2.50 bits per heavy atom. The summed E-state index contributed by atoms with van der Waals surface area (Å²) in [5.74, 6) is 1.29. The molecule has 1 aliphatic carbocycles. The van der Waals surface area contributed by atoms with Gasteiger partial charge in [0.25, 0.3) is 5.91 Å². The predicted molar refractivity (Wildman–Crippen MR) is 144 cm³/mol. The number of aromatic nitrogens is 2. The lowest BCUT2D eigenvalue weighted by Crippen LogP contribution is -2.44. The van der Waals surface area contributed by atoms with Gasteiger partial charge in [-0.2, -0.15) is 4.98 Å². The Balaban J connectivity index is 1.32. The van der Waals surface area contributed by atoms with Crippen molar-refractivity contribution in [3.05, 3.63) is 59.8 Å². The maximum Gasteiger partial charge on any atom is 0.261 e. The molecule has 36 heavy (non-hydrogen) atoms. The molecule has 9 heteroatoms. The molecule has 188 valence electrons. The number of likely N-dealkylation sites (N-methyl/N-ethyl adjacent to an activating group) is 1. The molecule has 2 aliphatic rings. The van der Waals surface area contributed by atoms with E-state index in [1.54, 1.807) is 13.3 Å². The lowest BCUT2D eigenvalue weighted by molar-refractivity contribution is 0.102. The zero-order valence-corrected chi connectivity index (χ0v) is 21.0. The number of rotatable bonds is 8. The van der Waals surface area contributed by atoms with E-state index < -0.39 is 0 Å². The van der Waals surface area contributed by atoms with E-state index in [1.807, 2.05) is 37.3 Å². The second kappa shape index (κ2) is 10.4. The molecular formula is C27H33N7O2. The first-order valence-corrected chi connectivity index (χ1v) is 12.4. The fourth-order valence-corrected chi connectivity index (χ4v) is 4.24. The topological polar surface area (TPSA) is 94.6 Å². The Morgan fingerprint density at radius 1 is 1.06 bits per heavy atom. The van der Waals surface area contributed by atoms with Gasteiger partial charge in [0.05, 0.1) is 12.8 Å². The van der Waals surface area contributed by atoms with E-state index >= 15 is 0 Å². The van der Waals surface area contributed by atoms with Crippen molar-refractivity contribution in [3.63, 3.8) is 0 Å². The third-order valence-electron chi connectivity index (χ3n) is 6.64. The number of amides is 1. The summed E-state index contributed by atoms with van der Waals surface area (Å²) in [5.41, 5.74) is 4.06. The number of hydrogen-bond acceptors (Lipinski definition) is 8. The van der Waals surface area contributed by atoms with Crippen molar-refractivity contribution in [2.24, 2.45) is 0 Å². The summed E-state index contributed by atoms with van der Waals surface area (Å²) in [6.45, 7) is 6.13. The number of para-hydroxylation sites is 1. The number of benzene rings is 2. The van der Waals surface area contributed by atoms with Gasteiger partial charge in [0.15, 0.2) is 0 Å². The molecule has 9 nitrogen and oxygen atoms in total. The number of methoxy groups -OCH3 is 1. The van der Waals surface area contributed by atoms with Crippen LogP contribution in [0.2, 0.25) is 0 Å². The number of carbonyl (C=O) groups is 1. The van der Waals surface area contributed by atoms with E-state index in [9.17, 15) is 4.79 Å². The highest BCUT2D eigenvalue weighted by atomic mass is 16.5. The highest BCUT2D eigenvalue weighted by Gasteiger charge is 2.25. The lowest BCUT2D eigenvalue weighted by atomic mass is 10.1. The second-order valence-corrected chi connectivity index (χ2v) is 9.44.